The van der Waals surface area contributed by atoms with Crippen molar-refractivity contribution in [1.82, 2.24) is 24.5 Å². The molecule has 1 unspecified atom stereocenters. The third-order valence-corrected chi connectivity index (χ3v) is 4.57. The number of hydrogen-bond donors (Lipinski definition) is 0. The van der Waals surface area contributed by atoms with Crippen molar-refractivity contribution in [1.29, 1.82) is 0 Å². The van der Waals surface area contributed by atoms with E-state index in [2.05, 4.69) is 40.0 Å². The summed E-state index contributed by atoms with van der Waals surface area (Å²) in [6.07, 6.45) is 4.24. The lowest BCUT2D eigenvalue weighted by atomic mass is 10.1. The Bertz CT molecular complexity index is 691. The zero-order valence-electron chi connectivity index (χ0n) is 14.4. The van der Waals surface area contributed by atoms with E-state index in [0.717, 1.165) is 28.0 Å². The van der Waals surface area contributed by atoms with E-state index in [4.69, 9.17) is 0 Å². The molecule has 0 bridgehead atoms. The first-order valence-corrected chi connectivity index (χ1v) is 8.65. The zero-order chi connectivity index (χ0) is 17.1. The zero-order valence-corrected chi connectivity index (χ0v) is 16.0. The van der Waals surface area contributed by atoms with E-state index in [-0.39, 0.29) is 11.9 Å². The second-order valence-corrected chi connectivity index (χ2v) is 6.64. The summed E-state index contributed by atoms with van der Waals surface area (Å²) in [5.74, 6) is 0.0612. The summed E-state index contributed by atoms with van der Waals surface area (Å²) in [6, 6.07) is -0.284. The Labute approximate surface area is 145 Å². The van der Waals surface area contributed by atoms with Gasteiger partial charge < -0.3 is 4.90 Å². The minimum absolute atomic E-state index is 0.0612. The van der Waals surface area contributed by atoms with Crippen molar-refractivity contribution in [2.75, 3.05) is 7.05 Å². The molecule has 0 fully saturated rings. The molecule has 6 nitrogen and oxygen atoms in total. The molecule has 126 valence electrons. The highest BCUT2D eigenvalue weighted by atomic mass is 79.9. The Kier molecular flexibility index (Phi) is 5.62. The molecule has 1 atom stereocenters. The molecule has 0 aromatic carbocycles. The quantitative estimate of drug-likeness (QED) is 0.772. The summed E-state index contributed by atoms with van der Waals surface area (Å²) in [7, 11) is 1.84. The third kappa shape index (κ3) is 3.65. The highest BCUT2D eigenvalue weighted by molar-refractivity contribution is 9.10. The number of halogens is 1. The van der Waals surface area contributed by atoms with Crippen molar-refractivity contribution < 1.29 is 4.79 Å². The van der Waals surface area contributed by atoms with Crippen LogP contribution in [0, 0.1) is 13.8 Å². The van der Waals surface area contributed by atoms with Crippen molar-refractivity contribution in [3.05, 3.63) is 33.8 Å². The number of aryl methyl sites for hydroxylation is 2. The maximum Gasteiger partial charge on any atom is 0.247 e. The van der Waals surface area contributed by atoms with Crippen LogP contribution >= 0.6 is 15.9 Å². The summed E-state index contributed by atoms with van der Waals surface area (Å²) in [6.45, 7) is 9.52. The highest BCUT2D eigenvalue weighted by Gasteiger charge is 2.24. The molecule has 0 aliphatic rings. The number of carbonyl (C=O) groups excluding carboxylic acids is 1. The van der Waals surface area contributed by atoms with Gasteiger partial charge in [-0.3, -0.25) is 14.2 Å². The Morgan fingerprint density at radius 1 is 1.39 bits per heavy atom. The normalized spacial score (nSPS) is 12.4. The lowest BCUT2D eigenvalue weighted by Gasteiger charge is -2.23. The second-order valence-electron chi connectivity index (χ2n) is 5.72. The lowest BCUT2D eigenvalue weighted by Crippen LogP contribution is -2.34. The number of likely N-dealkylation sites (N-methyl/N-ethyl adjacent to an activating group) is 1. The fourth-order valence-corrected chi connectivity index (χ4v) is 3.10. The van der Waals surface area contributed by atoms with Gasteiger partial charge in [0.2, 0.25) is 5.91 Å². The molecule has 1 amide bonds. The van der Waals surface area contributed by atoms with Crippen LogP contribution in [-0.2, 0) is 17.9 Å². The van der Waals surface area contributed by atoms with Gasteiger partial charge in [-0.2, -0.15) is 10.2 Å². The van der Waals surface area contributed by atoms with Gasteiger partial charge in [0.25, 0.3) is 0 Å². The van der Waals surface area contributed by atoms with Crippen LogP contribution in [0.5, 0.6) is 0 Å². The van der Waals surface area contributed by atoms with E-state index in [1.807, 2.05) is 31.8 Å². The fourth-order valence-electron chi connectivity index (χ4n) is 2.80. The molecule has 0 saturated carbocycles. The van der Waals surface area contributed by atoms with E-state index in [1.54, 1.807) is 15.8 Å². The van der Waals surface area contributed by atoms with Gasteiger partial charge in [-0.1, -0.05) is 6.92 Å². The number of aromatic nitrogens is 4. The van der Waals surface area contributed by atoms with Crippen LogP contribution in [-0.4, -0.2) is 37.4 Å². The van der Waals surface area contributed by atoms with Crippen LogP contribution < -0.4 is 0 Å². The number of amides is 1. The summed E-state index contributed by atoms with van der Waals surface area (Å²) in [5.41, 5.74) is 3.23. The van der Waals surface area contributed by atoms with E-state index in [0.29, 0.717) is 13.0 Å². The van der Waals surface area contributed by atoms with Crippen LogP contribution in [0.3, 0.4) is 0 Å². The Morgan fingerprint density at radius 2 is 2.09 bits per heavy atom. The van der Waals surface area contributed by atoms with Gasteiger partial charge in [-0.25, -0.2) is 0 Å². The predicted octanol–water partition coefficient (Wildman–Crippen LogP) is 3.09. The highest BCUT2D eigenvalue weighted by Crippen LogP contribution is 2.20. The molecule has 23 heavy (non-hydrogen) atoms. The largest absolute Gasteiger partial charge is 0.339 e. The van der Waals surface area contributed by atoms with Gasteiger partial charge in [0.05, 0.1) is 16.4 Å². The lowest BCUT2D eigenvalue weighted by molar-refractivity contribution is -0.134. The van der Waals surface area contributed by atoms with Gasteiger partial charge in [-0.15, -0.1) is 0 Å². The van der Waals surface area contributed by atoms with Crippen LogP contribution in [0.4, 0.5) is 0 Å². The number of rotatable bonds is 6. The Hall–Kier alpha value is -1.63. The molecule has 0 spiro atoms. The van der Waals surface area contributed by atoms with Crippen molar-refractivity contribution in [2.45, 2.75) is 53.2 Å². The standard InChI is InChI=1S/C16H24BrN5O/c1-6-15(22-9-13(17)8-18-22)16(23)20(5)10-14-11(3)19-21(7-2)12(14)4/h8-9,15H,6-7,10H2,1-5H3. The average Bonchev–Trinajstić information content (AvgIpc) is 3.06. The molecule has 2 aromatic rings. The first-order valence-electron chi connectivity index (χ1n) is 7.86. The van der Waals surface area contributed by atoms with Crippen LogP contribution in [0.25, 0.3) is 0 Å². The molecule has 0 aliphatic heterocycles. The Balaban J connectivity index is 2.18. The van der Waals surface area contributed by atoms with Gasteiger partial charge in [0, 0.05) is 37.6 Å². The topological polar surface area (TPSA) is 56.0 Å². The maximum atomic E-state index is 12.8. The average molecular weight is 382 g/mol. The summed E-state index contributed by atoms with van der Waals surface area (Å²) < 4.78 is 4.57. The SMILES string of the molecule is CCC(C(=O)N(C)Cc1c(C)nn(CC)c1C)n1cc(Br)cn1. The van der Waals surface area contributed by atoms with E-state index < -0.39 is 0 Å². The van der Waals surface area contributed by atoms with Crippen LogP contribution in [0.1, 0.15) is 43.3 Å². The van der Waals surface area contributed by atoms with Crippen molar-refractivity contribution in [2.24, 2.45) is 0 Å². The summed E-state index contributed by atoms with van der Waals surface area (Å²) in [4.78, 5) is 14.6. The van der Waals surface area contributed by atoms with E-state index in [1.165, 1.54) is 0 Å². The van der Waals surface area contributed by atoms with E-state index in [9.17, 15) is 4.79 Å². The van der Waals surface area contributed by atoms with Gasteiger partial charge in [-0.05, 0) is 43.1 Å². The molecule has 2 heterocycles. The van der Waals surface area contributed by atoms with Crippen LogP contribution in [0.2, 0.25) is 0 Å². The van der Waals surface area contributed by atoms with Crippen molar-refractivity contribution >= 4 is 21.8 Å². The van der Waals surface area contributed by atoms with Crippen molar-refractivity contribution in [3.63, 3.8) is 0 Å². The number of carbonyl (C=O) groups is 1. The third-order valence-electron chi connectivity index (χ3n) is 4.16. The fraction of sp³-hybridized carbons (Fsp3) is 0.562. The Morgan fingerprint density at radius 3 is 2.57 bits per heavy atom. The predicted molar refractivity (Wildman–Crippen MR) is 93.1 cm³/mol. The first kappa shape index (κ1) is 17.7. The molecular formula is C16H24BrN5O. The van der Waals surface area contributed by atoms with Gasteiger partial charge >= 0.3 is 0 Å². The second kappa shape index (κ2) is 7.29. The molecule has 0 aliphatic carbocycles. The monoisotopic (exact) mass is 381 g/mol. The maximum absolute atomic E-state index is 12.8. The van der Waals surface area contributed by atoms with E-state index >= 15 is 0 Å². The first-order chi connectivity index (χ1) is 10.9. The summed E-state index contributed by atoms with van der Waals surface area (Å²) in [5, 5.41) is 8.78. The van der Waals surface area contributed by atoms with Gasteiger partial charge in [0.15, 0.2) is 0 Å². The minimum atomic E-state index is -0.284. The molecular weight excluding hydrogens is 358 g/mol. The van der Waals surface area contributed by atoms with Crippen molar-refractivity contribution in [3.8, 4) is 0 Å². The number of nitrogens with zero attached hydrogens (tertiary/aromatic N) is 5. The summed E-state index contributed by atoms with van der Waals surface area (Å²) >= 11 is 3.38. The molecule has 0 radical (unpaired) electrons. The van der Waals surface area contributed by atoms with Gasteiger partial charge in [0.1, 0.15) is 6.04 Å². The molecule has 0 saturated heterocycles. The number of hydrogen-bond acceptors (Lipinski definition) is 3. The molecule has 7 heteroatoms. The smallest absolute Gasteiger partial charge is 0.247 e. The minimum Gasteiger partial charge on any atom is -0.339 e. The molecule has 0 N–H and O–H groups in total. The van der Waals surface area contributed by atoms with Crippen LogP contribution in [0.15, 0.2) is 16.9 Å². The molecule has 2 rings (SSSR count). The molecule has 2 aromatic heterocycles.